The summed E-state index contributed by atoms with van der Waals surface area (Å²) in [5, 5.41) is 3.35. The van der Waals surface area contributed by atoms with E-state index in [0.717, 1.165) is 30.5 Å². The van der Waals surface area contributed by atoms with Crippen LogP contribution >= 0.6 is 0 Å². The highest BCUT2D eigenvalue weighted by atomic mass is 32.2. The van der Waals surface area contributed by atoms with Crippen LogP contribution in [0.2, 0.25) is 0 Å². The molecule has 5 heteroatoms. The predicted octanol–water partition coefficient (Wildman–Crippen LogP) is 3.21. The van der Waals surface area contributed by atoms with E-state index in [1.165, 1.54) is 0 Å². The number of nitrogens with one attached hydrogen (secondary N) is 2. The zero-order chi connectivity index (χ0) is 14.7. The molecule has 0 heterocycles. The van der Waals surface area contributed by atoms with Crippen LogP contribution < -0.4 is 10.0 Å². The minimum atomic E-state index is -3.22. The average Bonchev–Trinajstić information content (AvgIpc) is 2.18. The molecule has 0 aliphatic carbocycles. The molecule has 0 saturated heterocycles. The van der Waals surface area contributed by atoms with Gasteiger partial charge in [0.05, 0.1) is 11.9 Å². The SMILES string of the molecule is Cc1cc(NCCC(C)(C)C)ccc1NS(C)(=O)=O. The number of rotatable bonds is 5. The summed E-state index contributed by atoms with van der Waals surface area (Å²) in [5.74, 6) is 0. The first-order chi connectivity index (χ1) is 8.57. The van der Waals surface area contributed by atoms with E-state index in [9.17, 15) is 8.42 Å². The topological polar surface area (TPSA) is 58.2 Å². The Hall–Kier alpha value is -1.23. The molecular weight excluding hydrogens is 260 g/mol. The monoisotopic (exact) mass is 284 g/mol. The molecule has 19 heavy (non-hydrogen) atoms. The molecule has 0 aliphatic rings. The normalized spacial score (nSPS) is 12.3. The van der Waals surface area contributed by atoms with Gasteiger partial charge in [-0.15, -0.1) is 0 Å². The predicted molar refractivity (Wildman–Crippen MR) is 82.2 cm³/mol. The van der Waals surface area contributed by atoms with Gasteiger partial charge in [0.15, 0.2) is 0 Å². The number of anilines is 2. The average molecular weight is 284 g/mol. The summed E-state index contributed by atoms with van der Waals surface area (Å²) >= 11 is 0. The molecule has 0 spiro atoms. The fourth-order valence-corrected chi connectivity index (χ4v) is 2.30. The van der Waals surface area contributed by atoms with Gasteiger partial charge in [0.1, 0.15) is 0 Å². The molecule has 0 fully saturated rings. The Labute approximate surface area is 116 Å². The molecule has 4 nitrogen and oxygen atoms in total. The lowest BCUT2D eigenvalue weighted by atomic mass is 9.92. The Morgan fingerprint density at radius 2 is 1.84 bits per heavy atom. The first kappa shape index (κ1) is 15.8. The highest BCUT2D eigenvalue weighted by Crippen LogP contribution is 2.22. The second-order valence-corrected chi connectivity index (χ2v) is 7.89. The molecular formula is C14H24N2O2S. The Bertz CT molecular complexity index is 531. The fraction of sp³-hybridized carbons (Fsp3) is 0.571. The molecule has 1 rings (SSSR count). The van der Waals surface area contributed by atoms with Crippen LogP contribution in [0.25, 0.3) is 0 Å². The van der Waals surface area contributed by atoms with Crippen molar-refractivity contribution in [2.45, 2.75) is 34.1 Å². The minimum Gasteiger partial charge on any atom is -0.385 e. The Kier molecular flexibility index (Phi) is 4.85. The van der Waals surface area contributed by atoms with Crippen molar-refractivity contribution in [2.24, 2.45) is 5.41 Å². The fourth-order valence-electron chi connectivity index (χ4n) is 1.67. The van der Waals surface area contributed by atoms with E-state index >= 15 is 0 Å². The van der Waals surface area contributed by atoms with Crippen LogP contribution in [0.4, 0.5) is 11.4 Å². The van der Waals surface area contributed by atoms with E-state index in [1.807, 2.05) is 19.1 Å². The molecule has 0 atom stereocenters. The number of aryl methyl sites for hydroxylation is 1. The number of benzene rings is 1. The van der Waals surface area contributed by atoms with Crippen LogP contribution in [0.3, 0.4) is 0 Å². The van der Waals surface area contributed by atoms with Gasteiger partial charge in [-0.1, -0.05) is 20.8 Å². The van der Waals surface area contributed by atoms with E-state index in [-0.39, 0.29) is 0 Å². The van der Waals surface area contributed by atoms with Crippen molar-refractivity contribution in [3.05, 3.63) is 23.8 Å². The van der Waals surface area contributed by atoms with Gasteiger partial charge in [-0.05, 0) is 42.5 Å². The molecule has 108 valence electrons. The van der Waals surface area contributed by atoms with Crippen LogP contribution in [-0.4, -0.2) is 21.2 Å². The zero-order valence-corrected chi connectivity index (χ0v) is 13.2. The van der Waals surface area contributed by atoms with Crippen LogP contribution in [0.5, 0.6) is 0 Å². The number of hydrogen-bond acceptors (Lipinski definition) is 3. The minimum absolute atomic E-state index is 0.305. The first-order valence-electron chi connectivity index (χ1n) is 6.39. The van der Waals surface area contributed by atoms with Gasteiger partial charge in [0.2, 0.25) is 10.0 Å². The van der Waals surface area contributed by atoms with E-state index in [0.29, 0.717) is 11.1 Å². The van der Waals surface area contributed by atoms with Gasteiger partial charge in [-0.3, -0.25) is 4.72 Å². The molecule has 1 aromatic rings. The maximum Gasteiger partial charge on any atom is 0.229 e. The van der Waals surface area contributed by atoms with Crippen molar-refractivity contribution in [3.63, 3.8) is 0 Å². The zero-order valence-electron chi connectivity index (χ0n) is 12.4. The summed E-state index contributed by atoms with van der Waals surface area (Å²) in [6.45, 7) is 9.42. The third kappa shape index (κ3) is 6.47. The van der Waals surface area contributed by atoms with Crippen LogP contribution in [0, 0.1) is 12.3 Å². The largest absolute Gasteiger partial charge is 0.385 e. The van der Waals surface area contributed by atoms with Gasteiger partial charge >= 0.3 is 0 Å². The van der Waals surface area contributed by atoms with Crippen LogP contribution in [0.15, 0.2) is 18.2 Å². The van der Waals surface area contributed by atoms with Crippen molar-refractivity contribution in [2.75, 3.05) is 22.8 Å². The number of sulfonamides is 1. The second kappa shape index (κ2) is 5.82. The summed E-state index contributed by atoms with van der Waals surface area (Å²) in [5.41, 5.74) is 2.86. The molecule has 1 aromatic carbocycles. The summed E-state index contributed by atoms with van der Waals surface area (Å²) in [6.07, 6.45) is 2.23. The third-order valence-corrected chi connectivity index (χ3v) is 3.32. The Morgan fingerprint density at radius 3 is 2.32 bits per heavy atom. The van der Waals surface area contributed by atoms with Gasteiger partial charge in [-0.25, -0.2) is 8.42 Å². The smallest absolute Gasteiger partial charge is 0.229 e. The number of hydrogen-bond donors (Lipinski definition) is 2. The van der Waals surface area contributed by atoms with E-state index in [1.54, 1.807) is 6.07 Å². The van der Waals surface area contributed by atoms with Crippen molar-refractivity contribution >= 4 is 21.4 Å². The molecule has 2 N–H and O–H groups in total. The Balaban J connectivity index is 2.67. The van der Waals surface area contributed by atoms with E-state index in [2.05, 4.69) is 30.8 Å². The van der Waals surface area contributed by atoms with Crippen molar-refractivity contribution in [1.29, 1.82) is 0 Å². The van der Waals surface area contributed by atoms with E-state index in [4.69, 9.17) is 0 Å². The lowest BCUT2D eigenvalue weighted by Gasteiger charge is -2.19. The molecule has 0 unspecified atom stereocenters. The molecule has 0 aromatic heterocycles. The maximum absolute atomic E-state index is 11.2. The second-order valence-electron chi connectivity index (χ2n) is 6.14. The lowest BCUT2D eigenvalue weighted by Crippen LogP contribution is -2.13. The molecule has 0 aliphatic heterocycles. The standard InChI is InChI=1S/C14H24N2O2S/c1-11-10-12(15-9-8-14(2,3)4)6-7-13(11)16-19(5,17)18/h6-7,10,15-16H,8-9H2,1-5H3. The quantitative estimate of drug-likeness (QED) is 0.873. The van der Waals surface area contributed by atoms with E-state index < -0.39 is 10.0 Å². The summed E-state index contributed by atoms with van der Waals surface area (Å²) in [6, 6.07) is 5.63. The van der Waals surface area contributed by atoms with Gasteiger partial charge in [0, 0.05) is 12.2 Å². The van der Waals surface area contributed by atoms with Gasteiger partial charge in [0.25, 0.3) is 0 Å². The summed E-state index contributed by atoms with van der Waals surface area (Å²) < 4.78 is 24.9. The van der Waals surface area contributed by atoms with Crippen LogP contribution in [-0.2, 0) is 10.0 Å². The molecule has 0 bridgehead atoms. The summed E-state index contributed by atoms with van der Waals surface area (Å²) in [7, 11) is -3.22. The molecule has 0 saturated carbocycles. The van der Waals surface area contributed by atoms with Gasteiger partial charge in [-0.2, -0.15) is 0 Å². The van der Waals surface area contributed by atoms with Gasteiger partial charge < -0.3 is 5.32 Å². The molecule has 0 amide bonds. The summed E-state index contributed by atoms with van der Waals surface area (Å²) in [4.78, 5) is 0. The van der Waals surface area contributed by atoms with Crippen molar-refractivity contribution in [3.8, 4) is 0 Å². The molecule has 0 radical (unpaired) electrons. The highest BCUT2D eigenvalue weighted by molar-refractivity contribution is 7.92. The van der Waals surface area contributed by atoms with Crippen molar-refractivity contribution in [1.82, 2.24) is 0 Å². The van der Waals surface area contributed by atoms with Crippen molar-refractivity contribution < 1.29 is 8.42 Å². The first-order valence-corrected chi connectivity index (χ1v) is 8.28. The van der Waals surface area contributed by atoms with Crippen LogP contribution in [0.1, 0.15) is 32.8 Å². The highest BCUT2D eigenvalue weighted by Gasteiger charge is 2.09. The maximum atomic E-state index is 11.2. The third-order valence-electron chi connectivity index (χ3n) is 2.73. The lowest BCUT2D eigenvalue weighted by molar-refractivity contribution is 0.390. The Morgan fingerprint density at radius 1 is 1.21 bits per heavy atom.